The van der Waals surface area contributed by atoms with Gasteiger partial charge in [0.05, 0.1) is 0 Å². The Morgan fingerprint density at radius 2 is 2.36 bits per heavy atom. The molecule has 1 aromatic heterocycles. The molecule has 0 saturated carbocycles. The van der Waals surface area contributed by atoms with E-state index in [4.69, 9.17) is 11.6 Å². The van der Waals surface area contributed by atoms with Gasteiger partial charge in [0.25, 0.3) is 5.24 Å². The summed E-state index contributed by atoms with van der Waals surface area (Å²) in [6, 6.07) is 1.94. The van der Waals surface area contributed by atoms with Gasteiger partial charge in [-0.2, -0.15) is 0 Å². The third kappa shape index (κ3) is 1.70. The van der Waals surface area contributed by atoms with E-state index in [2.05, 4.69) is 6.58 Å². The zero-order chi connectivity index (χ0) is 8.43. The second-order valence-electron chi connectivity index (χ2n) is 2.18. The fraction of sp³-hybridized carbons (Fsp3) is 0.125. The molecule has 0 aliphatic heterocycles. The van der Waals surface area contributed by atoms with Gasteiger partial charge in [0.1, 0.15) is 0 Å². The van der Waals surface area contributed by atoms with E-state index in [0.717, 1.165) is 10.4 Å². The number of carbonyl (C=O) groups is 1. The van der Waals surface area contributed by atoms with Crippen molar-refractivity contribution in [2.45, 2.75) is 6.92 Å². The first kappa shape index (κ1) is 8.50. The second-order valence-corrected chi connectivity index (χ2v) is 3.44. The number of thiophene rings is 1. The molecule has 0 N–H and O–H groups in total. The Labute approximate surface area is 74.3 Å². The highest BCUT2D eigenvalue weighted by Crippen LogP contribution is 2.24. The van der Waals surface area contributed by atoms with Crippen molar-refractivity contribution in [2.75, 3.05) is 0 Å². The molecule has 0 spiro atoms. The van der Waals surface area contributed by atoms with Crippen LogP contribution in [0.1, 0.15) is 10.4 Å². The summed E-state index contributed by atoms with van der Waals surface area (Å²) < 4.78 is 0. The summed E-state index contributed by atoms with van der Waals surface area (Å²) in [5.74, 6) is 0. The SMILES string of the molecule is C=C(C(=O)Cl)c1sccc1C. The molecular weight excluding hydrogens is 180 g/mol. The number of halogens is 1. The molecule has 0 radical (unpaired) electrons. The molecule has 0 aromatic carbocycles. The van der Waals surface area contributed by atoms with Crippen LogP contribution in [0, 0.1) is 6.92 Å². The van der Waals surface area contributed by atoms with Crippen LogP contribution in [0.15, 0.2) is 18.0 Å². The molecule has 1 heterocycles. The maximum absolute atomic E-state index is 10.7. The molecule has 1 rings (SSSR count). The third-order valence-corrected chi connectivity index (χ3v) is 2.68. The van der Waals surface area contributed by atoms with Gasteiger partial charge in [-0.1, -0.05) is 6.58 Å². The predicted octanol–water partition coefficient (Wildman–Crippen LogP) is 2.84. The van der Waals surface area contributed by atoms with Crippen molar-refractivity contribution in [1.29, 1.82) is 0 Å². The van der Waals surface area contributed by atoms with Crippen molar-refractivity contribution < 1.29 is 4.79 Å². The molecule has 0 amide bonds. The third-order valence-electron chi connectivity index (χ3n) is 1.37. The van der Waals surface area contributed by atoms with Crippen LogP contribution in [-0.2, 0) is 4.79 Å². The van der Waals surface area contributed by atoms with E-state index in [9.17, 15) is 4.79 Å². The van der Waals surface area contributed by atoms with Gasteiger partial charge in [-0.25, -0.2) is 0 Å². The lowest BCUT2D eigenvalue weighted by molar-refractivity contribution is -0.106. The van der Waals surface area contributed by atoms with Crippen molar-refractivity contribution in [1.82, 2.24) is 0 Å². The zero-order valence-electron chi connectivity index (χ0n) is 6.06. The number of carbonyl (C=O) groups excluding carboxylic acids is 1. The van der Waals surface area contributed by atoms with Gasteiger partial charge in [0, 0.05) is 10.5 Å². The van der Waals surface area contributed by atoms with Crippen molar-refractivity contribution in [3.8, 4) is 0 Å². The molecule has 1 aromatic rings. The highest BCUT2D eigenvalue weighted by molar-refractivity contribution is 7.12. The molecule has 0 saturated heterocycles. The average Bonchev–Trinajstić information content (AvgIpc) is 2.33. The molecular formula is C8H7ClOS. The minimum Gasteiger partial charge on any atom is -0.276 e. The summed E-state index contributed by atoms with van der Waals surface area (Å²) in [7, 11) is 0. The van der Waals surface area contributed by atoms with Gasteiger partial charge < -0.3 is 0 Å². The minimum atomic E-state index is -0.476. The van der Waals surface area contributed by atoms with E-state index < -0.39 is 5.24 Å². The molecule has 58 valence electrons. The van der Waals surface area contributed by atoms with E-state index in [1.54, 1.807) is 0 Å². The minimum absolute atomic E-state index is 0.388. The molecule has 11 heavy (non-hydrogen) atoms. The Balaban J connectivity index is 3.02. The Bertz CT molecular complexity index is 301. The summed E-state index contributed by atoms with van der Waals surface area (Å²) >= 11 is 6.74. The van der Waals surface area contributed by atoms with E-state index in [1.807, 2.05) is 18.4 Å². The van der Waals surface area contributed by atoms with Crippen LogP contribution in [0.5, 0.6) is 0 Å². The standard InChI is InChI=1S/C8H7ClOS/c1-5-3-4-11-7(5)6(2)8(9)10/h3-4H,2H2,1H3. The number of hydrogen-bond donors (Lipinski definition) is 0. The van der Waals surface area contributed by atoms with Crippen LogP contribution in [-0.4, -0.2) is 5.24 Å². The molecule has 0 atom stereocenters. The lowest BCUT2D eigenvalue weighted by Gasteiger charge is -1.95. The van der Waals surface area contributed by atoms with Crippen LogP contribution in [0.3, 0.4) is 0 Å². The summed E-state index contributed by atoms with van der Waals surface area (Å²) in [5, 5.41) is 1.44. The van der Waals surface area contributed by atoms with Crippen LogP contribution in [0.2, 0.25) is 0 Å². The Kier molecular flexibility index (Phi) is 2.47. The quantitative estimate of drug-likeness (QED) is 0.513. The summed E-state index contributed by atoms with van der Waals surface area (Å²) in [5.41, 5.74) is 1.44. The summed E-state index contributed by atoms with van der Waals surface area (Å²) in [4.78, 5) is 11.5. The summed E-state index contributed by atoms with van der Waals surface area (Å²) in [6.07, 6.45) is 0. The van der Waals surface area contributed by atoms with Gasteiger partial charge in [-0.15, -0.1) is 11.3 Å². The number of rotatable bonds is 2. The molecule has 1 nitrogen and oxygen atoms in total. The van der Waals surface area contributed by atoms with Crippen LogP contribution in [0.25, 0.3) is 5.57 Å². The first-order chi connectivity index (χ1) is 5.13. The first-order valence-corrected chi connectivity index (χ1v) is 4.32. The van der Waals surface area contributed by atoms with Crippen molar-refractivity contribution in [2.24, 2.45) is 0 Å². The highest BCUT2D eigenvalue weighted by atomic mass is 35.5. The lowest BCUT2D eigenvalue weighted by atomic mass is 10.2. The Hall–Kier alpha value is -0.600. The van der Waals surface area contributed by atoms with E-state index >= 15 is 0 Å². The number of allylic oxidation sites excluding steroid dienone is 1. The largest absolute Gasteiger partial charge is 0.276 e. The van der Waals surface area contributed by atoms with Crippen LogP contribution >= 0.6 is 22.9 Å². The number of hydrogen-bond acceptors (Lipinski definition) is 2. The predicted molar refractivity (Wildman–Crippen MR) is 49.0 cm³/mol. The van der Waals surface area contributed by atoms with Crippen LogP contribution in [0.4, 0.5) is 0 Å². The van der Waals surface area contributed by atoms with E-state index in [1.165, 1.54) is 11.3 Å². The van der Waals surface area contributed by atoms with Crippen LogP contribution < -0.4 is 0 Å². The van der Waals surface area contributed by atoms with E-state index in [-0.39, 0.29) is 0 Å². The maximum atomic E-state index is 10.7. The Morgan fingerprint density at radius 1 is 1.73 bits per heavy atom. The van der Waals surface area contributed by atoms with Crippen molar-refractivity contribution in [3.05, 3.63) is 28.5 Å². The first-order valence-electron chi connectivity index (χ1n) is 3.06. The van der Waals surface area contributed by atoms with Crippen molar-refractivity contribution >= 4 is 33.8 Å². The molecule has 0 fully saturated rings. The smallest absolute Gasteiger partial charge is 0.253 e. The molecule has 0 aliphatic carbocycles. The average molecular weight is 187 g/mol. The highest BCUT2D eigenvalue weighted by Gasteiger charge is 2.09. The second kappa shape index (κ2) is 3.20. The fourth-order valence-electron chi connectivity index (χ4n) is 0.771. The van der Waals surface area contributed by atoms with E-state index in [0.29, 0.717) is 5.57 Å². The topological polar surface area (TPSA) is 17.1 Å². The normalized spacial score (nSPS) is 9.64. The lowest BCUT2D eigenvalue weighted by Crippen LogP contribution is -1.89. The monoisotopic (exact) mass is 186 g/mol. The maximum Gasteiger partial charge on any atom is 0.253 e. The van der Waals surface area contributed by atoms with Gasteiger partial charge in [-0.05, 0) is 35.5 Å². The van der Waals surface area contributed by atoms with Gasteiger partial charge >= 0.3 is 0 Å². The molecule has 0 unspecified atom stereocenters. The summed E-state index contributed by atoms with van der Waals surface area (Å²) in [6.45, 7) is 5.51. The van der Waals surface area contributed by atoms with Gasteiger partial charge in [-0.3, -0.25) is 4.79 Å². The molecule has 0 bridgehead atoms. The van der Waals surface area contributed by atoms with Gasteiger partial charge in [0.2, 0.25) is 0 Å². The Morgan fingerprint density at radius 3 is 2.73 bits per heavy atom. The molecule has 0 aliphatic rings. The number of aryl methyl sites for hydroxylation is 1. The van der Waals surface area contributed by atoms with Gasteiger partial charge in [0.15, 0.2) is 0 Å². The van der Waals surface area contributed by atoms with Crippen molar-refractivity contribution in [3.63, 3.8) is 0 Å². The molecule has 3 heteroatoms. The fourth-order valence-corrected chi connectivity index (χ4v) is 1.82. The zero-order valence-corrected chi connectivity index (χ0v) is 7.63.